The number of benzene rings is 1. The highest BCUT2D eigenvalue weighted by atomic mass is 19.1. The van der Waals surface area contributed by atoms with Crippen molar-refractivity contribution in [3.63, 3.8) is 0 Å². The second-order valence-electron chi connectivity index (χ2n) is 8.38. The van der Waals surface area contributed by atoms with E-state index in [1.165, 1.54) is 57.3 Å². The van der Waals surface area contributed by atoms with Crippen molar-refractivity contribution in [3.05, 3.63) is 29.1 Å². The number of fused-ring (bicyclic) bond motifs is 1. The molecule has 2 fully saturated rings. The predicted molar refractivity (Wildman–Crippen MR) is 103 cm³/mol. The van der Waals surface area contributed by atoms with Crippen LogP contribution in [0.1, 0.15) is 49.7 Å². The molecule has 0 aromatic heterocycles. The van der Waals surface area contributed by atoms with Crippen LogP contribution in [0.15, 0.2) is 12.1 Å². The van der Waals surface area contributed by atoms with Crippen molar-refractivity contribution in [1.82, 2.24) is 9.80 Å². The van der Waals surface area contributed by atoms with Crippen molar-refractivity contribution in [2.45, 2.75) is 51.4 Å². The van der Waals surface area contributed by atoms with Gasteiger partial charge in [-0.1, -0.05) is 12.5 Å². The van der Waals surface area contributed by atoms with Crippen LogP contribution in [-0.2, 0) is 12.8 Å². The third-order valence-electron chi connectivity index (χ3n) is 6.44. The van der Waals surface area contributed by atoms with Gasteiger partial charge in [0.05, 0.1) is 0 Å². The minimum Gasteiger partial charge on any atom is -0.489 e. The molecule has 0 N–H and O–H groups in total. The van der Waals surface area contributed by atoms with Gasteiger partial charge in [-0.15, -0.1) is 0 Å². The maximum Gasteiger partial charge on any atom is 0.168 e. The van der Waals surface area contributed by atoms with Crippen molar-refractivity contribution in [2.24, 2.45) is 5.92 Å². The van der Waals surface area contributed by atoms with Gasteiger partial charge in [-0.25, -0.2) is 4.39 Å². The van der Waals surface area contributed by atoms with E-state index < -0.39 is 0 Å². The Morgan fingerprint density at radius 3 is 2.50 bits per heavy atom. The van der Waals surface area contributed by atoms with Gasteiger partial charge in [-0.05, 0) is 94.2 Å². The molecule has 3 nitrogen and oxygen atoms in total. The lowest BCUT2D eigenvalue weighted by molar-refractivity contribution is 0.180. The first kappa shape index (κ1) is 18.2. The van der Waals surface area contributed by atoms with Crippen LogP contribution in [0, 0.1) is 11.7 Å². The quantitative estimate of drug-likeness (QED) is 0.765. The molecule has 1 aromatic carbocycles. The van der Waals surface area contributed by atoms with Crippen LogP contribution in [0.5, 0.6) is 5.75 Å². The van der Waals surface area contributed by atoms with Gasteiger partial charge in [0.1, 0.15) is 6.61 Å². The van der Waals surface area contributed by atoms with E-state index in [1.807, 2.05) is 6.07 Å². The van der Waals surface area contributed by atoms with Crippen LogP contribution in [0.3, 0.4) is 0 Å². The third-order valence-corrected chi connectivity index (χ3v) is 6.44. The smallest absolute Gasteiger partial charge is 0.168 e. The molecule has 26 heavy (non-hydrogen) atoms. The summed E-state index contributed by atoms with van der Waals surface area (Å²) in [6.45, 7) is 7.52. The molecule has 1 atom stereocenters. The molecular weight excluding hydrogens is 327 g/mol. The highest BCUT2D eigenvalue weighted by molar-refractivity contribution is 5.39. The Bertz CT molecular complexity index is 594. The summed E-state index contributed by atoms with van der Waals surface area (Å²) in [5.41, 5.74) is 2.12. The summed E-state index contributed by atoms with van der Waals surface area (Å²) in [5, 5.41) is 0. The fourth-order valence-electron chi connectivity index (χ4n) is 4.93. The standard InChI is InChI=1S/C22H33FN2O/c23-22-20-8-6-18(17-25-12-4-5-13-25)16-19(20)7-9-21(22)26-15-14-24-10-2-1-3-11-24/h7,9,18H,1-6,8,10-17H2. The van der Waals surface area contributed by atoms with Crippen molar-refractivity contribution in [1.29, 1.82) is 0 Å². The molecule has 2 saturated heterocycles. The highest BCUT2D eigenvalue weighted by Crippen LogP contribution is 2.32. The number of hydrogen-bond acceptors (Lipinski definition) is 3. The average molecular weight is 361 g/mol. The number of piperidine rings is 1. The van der Waals surface area contributed by atoms with Crippen LogP contribution < -0.4 is 4.74 Å². The summed E-state index contributed by atoms with van der Waals surface area (Å²) in [4.78, 5) is 5.02. The zero-order valence-electron chi connectivity index (χ0n) is 16.0. The summed E-state index contributed by atoms with van der Waals surface area (Å²) in [6.07, 6.45) is 9.59. The lowest BCUT2D eigenvalue weighted by Crippen LogP contribution is -2.33. The van der Waals surface area contributed by atoms with Crippen LogP contribution in [0.2, 0.25) is 0 Å². The van der Waals surface area contributed by atoms with E-state index in [9.17, 15) is 4.39 Å². The molecule has 0 bridgehead atoms. The summed E-state index contributed by atoms with van der Waals surface area (Å²) >= 11 is 0. The van der Waals surface area contributed by atoms with Crippen molar-refractivity contribution in [3.8, 4) is 5.75 Å². The SMILES string of the molecule is Fc1c(OCCN2CCCCC2)ccc2c1CCC(CN1CCCC1)C2. The molecule has 2 heterocycles. The van der Waals surface area contributed by atoms with E-state index >= 15 is 0 Å². The molecule has 144 valence electrons. The van der Waals surface area contributed by atoms with Gasteiger partial charge in [0.25, 0.3) is 0 Å². The molecule has 2 aliphatic heterocycles. The monoisotopic (exact) mass is 360 g/mol. The van der Waals surface area contributed by atoms with E-state index in [-0.39, 0.29) is 5.82 Å². The van der Waals surface area contributed by atoms with Crippen molar-refractivity contribution in [2.75, 3.05) is 45.9 Å². The summed E-state index contributed by atoms with van der Waals surface area (Å²) in [7, 11) is 0. The molecule has 3 aliphatic rings. The molecule has 4 rings (SSSR count). The second kappa shape index (κ2) is 8.71. The third kappa shape index (κ3) is 4.40. The molecule has 0 spiro atoms. The first-order valence-electron chi connectivity index (χ1n) is 10.7. The molecule has 1 unspecified atom stereocenters. The van der Waals surface area contributed by atoms with E-state index in [0.717, 1.165) is 44.5 Å². The minimum absolute atomic E-state index is 0.0965. The van der Waals surface area contributed by atoms with E-state index in [0.29, 0.717) is 18.3 Å². The Labute approximate surface area is 157 Å². The van der Waals surface area contributed by atoms with Crippen molar-refractivity contribution < 1.29 is 9.13 Å². The molecule has 1 aliphatic carbocycles. The number of halogens is 1. The zero-order valence-corrected chi connectivity index (χ0v) is 16.0. The Balaban J connectivity index is 1.31. The lowest BCUT2D eigenvalue weighted by Gasteiger charge is -2.29. The predicted octanol–water partition coefficient (Wildman–Crippen LogP) is 3.89. The van der Waals surface area contributed by atoms with Gasteiger partial charge >= 0.3 is 0 Å². The molecular formula is C22H33FN2O. The maximum absolute atomic E-state index is 14.9. The number of rotatable bonds is 6. The first-order chi connectivity index (χ1) is 12.8. The van der Waals surface area contributed by atoms with Crippen LogP contribution in [0.4, 0.5) is 4.39 Å². The average Bonchev–Trinajstić information content (AvgIpc) is 3.17. The maximum atomic E-state index is 14.9. The molecule has 0 amide bonds. The molecule has 0 saturated carbocycles. The van der Waals surface area contributed by atoms with E-state index in [1.54, 1.807) is 0 Å². The summed E-state index contributed by atoms with van der Waals surface area (Å²) in [6, 6.07) is 3.98. The fraction of sp³-hybridized carbons (Fsp3) is 0.727. The number of ether oxygens (including phenoxy) is 1. The zero-order chi connectivity index (χ0) is 17.8. The van der Waals surface area contributed by atoms with Gasteiger partial charge in [-0.2, -0.15) is 0 Å². The normalized spacial score (nSPS) is 24.6. The number of hydrogen-bond donors (Lipinski definition) is 0. The Hall–Kier alpha value is -1.13. The van der Waals surface area contributed by atoms with Crippen LogP contribution in [-0.4, -0.2) is 55.7 Å². The summed E-state index contributed by atoms with van der Waals surface area (Å²) < 4.78 is 20.7. The first-order valence-corrected chi connectivity index (χ1v) is 10.7. The Morgan fingerprint density at radius 1 is 0.962 bits per heavy atom. The minimum atomic E-state index is -0.0965. The van der Waals surface area contributed by atoms with Crippen LogP contribution >= 0.6 is 0 Å². The molecule has 4 heteroatoms. The number of likely N-dealkylation sites (tertiary alicyclic amines) is 2. The van der Waals surface area contributed by atoms with Crippen molar-refractivity contribution >= 4 is 0 Å². The molecule has 1 aromatic rings. The van der Waals surface area contributed by atoms with E-state index in [2.05, 4.69) is 15.9 Å². The largest absolute Gasteiger partial charge is 0.489 e. The Morgan fingerprint density at radius 2 is 1.69 bits per heavy atom. The van der Waals surface area contributed by atoms with E-state index in [4.69, 9.17) is 4.74 Å². The topological polar surface area (TPSA) is 15.7 Å². The highest BCUT2D eigenvalue weighted by Gasteiger charge is 2.25. The van der Waals surface area contributed by atoms with Gasteiger partial charge in [0.2, 0.25) is 0 Å². The number of nitrogens with zero attached hydrogens (tertiary/aromatic N) is 2. The lowest BCUT2D eigenvalue weighted by atomic mass is 9.83. The summed E-state index contributed by atoms with van der Waals surface area (Å²) in [5.74, 6) is 1.05. The second-order valence-corrected chi connectivity index (χ2v) is 8.38. The van der Waals surface area contributed by atoms with Gasteiger partial charge in [-0.3, -0.25) is 4.90 Å². The Kier molecular flexibility index (Phi) is 6.11. The van der Waals surface area contributed by atoms with Gasteiger partial charge in [0.15, 0.2) is 11.6 Å². The fourth-order valence-corrected chi connectivity index (χ4v) is 4.93. The van der Waals surface area contributed by atoms with Gasteiger partial charge in [0, 0.05) is 13.1 Å². The van der Waals surface area contributed by atoms with Crippen LogP contribution in [0.25, 0.3) is 0 Å². The molecule has 0 radical (unpaired) electrons. The van der Waals surface area contributed by atoms with Gasteiger partial charge < -0.3 is 9.64 Å².